The van der Waals surface area contributed by atoms with Crippen molar-refractivity contribution >= 4 is 6.03 Å². The van der Waals surface area contributed by atoms with Crippen molar-refractivity contribution in [2.24, 2.45) is 0 Å². The summed E-state index contributed by atoms with van der Waals surface area (Å²) in [5, 5.41) is 4.03. The minimum atomic E-state index is -0.295. The second-order valence-electron chi connectivity index (χ2n) is 6.84. The molecule has 1 fully saturated rings. The molecule has 28 heavy (non-hydrogen) atoms. The van der Waals surface area contributed by atoms with Crippen LogP contribution in [-0.4, -0.2) is 58.8 Å². The number of amides is 2. The Hall–Kier alpha value is -2.64. The summed E-state index contributed by atoms with van der Waals surface area (Å²) in [6.07, 6.45) is 2.34. The largest absolute Gasteiger partial charge is 0.493 e. The van der Waals surface area contributed by atoms with E-state index in [2.05, 4.69) is 10.1 Å². The van der Waals surface area contributed by atoms with Gasteiger partial charge in [0.25, 0.3) is 0 Å². The molecule has 1 atom stereocenters. The summed E-state index contributed by atoms with van der Waals surface area (Å²) in [7, 11) is 0. The lowest BCUT2D eigenvalue weighted by molar-refractivity contribution is 0.137. The maximum atomic E-state index is 12.9. The highest BCUT2D eigenvalue weighted by Gasteiger charge is 2.30. The number of benzene rings is 1. The molecule has 152 valence electrons. The molecule has 2 aromatic rings. The molecular formula is C20H27FN4O3. The molecule has 8 heteroatoms. The van der Waals surface area contributed by atoms with Crippen LogP contribution in [-0.2, 0) is 6.42 Å². The van der Waals surface area contributed by atoms with Crippen molar-refractivity contribution < 1.29 is 18.4 Å². The van der Waals surface area contributed by atoms with Crippen molar-refractivity contribution in [3.8, 4) is 5.75 Å². The Morgan fingerprint density at radius 2 is 2.07 bits per heavy atom. The zero-order valence-corrected chi connectivity index (χ0v) is 16.4. The number of likely N-dealkylation sites (tertiary alicyclic amines) is 1. The third-order valence-corrected chi connectivity index (χ3v) is 4.97. The summed E-state index contributed by atoms with van der Waals surface area (Å²) in [5.41, 5.74) is 0. The second kappa shape index (κ2) is 9.52. The first-order valence-corrected chi connectivity index (χ1v) is 9.85. The van der Waals surface area contributed by atoms with Crippen LogP contribution < -0.4 is 4.74 Å². The Labute approximate surface area is 164 Å². The van der Waals surface area contributed by atoms with Gasteiger partial charge in [-0.2, -0.15) is 4.98 Å². The van der Waals surface area contributed by atoms with Gasteiger partial charge in [-0.15, -0.1) is 0 Å². The molecule has 1 aromatic heterocycles. The van der Waals surface area contributed by atoms with Crippen molar-refractivity contribution in [2.75, 3.05) is 32.8 Å². The Morgan fingerprint density at radius 3 is 2.79 bits per heavy atom. The van der Waals surface area contributed by atoms with Crippen LogP contribution in [0.3, 0.4) is 0 Å². The molecule has 7 nitrogen and oxygen atoms in total. The van der Waals surface area contributed by atoms with Crippen molar-refractivity contribution in [2.45, 2.75) is 39.0 Å². The van der Waals surface area contributed by atoms with Gasteiger partial charge in [0.15, 0.2) is 5.82 Å². The molecule has 3 rings (SSSR count). The number of urea groups is 1. The summed E-state index contributed by atoms with van der Waals surface area (Å²) in [6.45, 7) is 7.12. The van der Waals surface area contributed by atoms with Crippen LogP contribution in [0, 0.1) is 5.82 Å². The third kappa shape index (κ3) is 4.99. The molecule has 2 amide bonds. The number of carbonyl (C=O) groups excluding carboxylic acids is 1. The monoisotopic (exact) mass is 390 g/mol. The predicted molar refractivity (Wildman–Crippen MR) is 102 cm³/mol. The van der Waals surface area contributed by atoms with E-state index in [4.69, 9.17) is 9.26 Å². The molecule has 1 saturated heterocycles. The number of hydrogen-bond acceptors (Lipinski definition) is 5. The van der Waals surface area contributed by atoms with Crippen LogP contribution in [0.1, 0.15) is 44.3 Å². The quantitative estimate of drug-likeness (QED) is 0.724. The fraction of sp³-hybridized carbons (Fsp3) is 0.550. The Kier molecular flexibility index (Phi) is 6.84. The van der Waals surface area contributed by atoms with Gasteiger partial charge in [0.05, 0.1) is 12.5 Å². The van der Waals surface area contributed by atoms with Crippen LogP contribution in [0.2, 0.25) is 0 Å². The standard InChI is InChI=1S/C20H27FN4O3/c1-3-24(4-2)20(26)25-12-5-6-15(14-25)19-22-18(23-28-19)11-13-27-17-9-7-16(21)8-10-17/h7-10,15H,3-6,11-14H2,1-2H3. The van der Waals surface area contributed by atoms with Gasteiger partial charge in [0.1, 0.15) is 11.6 Å². The van der Waals surface area contributed by atoms with Gasteiger partial charge >= 0.3 is 6.03 Å². The van der Waals surface area contributed by atoms with Gasteiger partial charge in [-0.3, -0.25) is 0 Å². The third-order valence-electron chi connectivity index (χ3n) is 4.97. The van der Waals surface area contributed by atoms with E-state index in [1.165, 1.54) is 12.1 Å². The number of nitrogens with zero attached hydrogens (tertiary/aromatic N) is 4. The minimum Gasteiger partial charge on any atom is -0.493 e. The van der Waals surface area contributed by atoms with Crippen LogP contribution in [0.5, 0.6) is 5.75 Å². The topological polar surface area (TPSA) is 71.7 Å². The van der Waals surface area contributed by atoms with Gasteiger partial charge in [-0.25, -0.2) is 9.18 Å². The molecule has 0 saturated carbocycles. The lowest BCUT2D eigenvalue weighted by Crippen LogP contribution is -2.47. The van der Waals surface area contributed by atoms with Crippen LogP contribution in [0.15, 0.2) is 28.8 Å². The molecule has 1 aliphatic rings. The smallest absolute Gasteiger partial charge is 0.320 e. The molecule has 0 spiro atoms. The Bertz CT molecular complexity index is 761. The van der Waals surface area contributed by atoms with E-state index in [0.29, 0.717) is 50.1 Å². The number of aromatic nitrogens is 2. The van der Waals surface area contributed by atoms with Crippen LogP contribution in [0.25, 0.3) is 0 Å². The number of halogens is 1. The first-order valence-electron chi connectivity index (χ1n) is 9.85. The highest BCUT2D eigenvalue weighted by molar-refractivity contribution is 5.74. The lowest BCUT2D eigenvalue weighted by atomic mass is 9.98. The number of rotatable bonds is 7. The second-order valence-corrected chi connectivity index (χ2v) is 6.84. The number of ether oxygens (including phenoxy) is 1. The van der Waals surface area contributed by atoms with E-state index in [0.717, 1.165) is 19.4 Å². The van der Waals surface area contributed by atoms with E-state index in [9.17, 15) is 9.18 Å². The highest BCUT2D eigenvalue weighted by Crippen LogP contribution is 2.26. The number of hydrogen-bond donors (Lipinski definition) is 0. The zero-order valence-electron chi connectivity index (χ0n) is 16.4. The van der Waals surface area contributed by atoms with Gasteiger partial charge in [-0.05, 0) is 51.0 Å². The maximum Gasteiger partial charge on any atom is 0.320 e. The van der Waals surface area contributed by atoms with Crippen molar-refractivity contribution in [3.05, 3.63) is 41.8 Å². The van der Waals surface area contributed by atoms with Crippen molar-refractivity contribution in [3.63, 3.8) is 0 Å². The molecule has 0 N–H and O–H groups in total. The zero-order chi connectivity index (χ0) is 19.9. The maximum absolute atomic E-state index is 12.9. The fourth-order valence-electron chi connectivity index (χ4n) is 3.37. The van der Waals surface area contributed by atoms with E-state index in [1.54, 1.807) is 12.1 Å². The first kappa shape index (κ1) is 20.1. The molecule has 0 radical (unpaired) electrons. The number of carbonyl (C=O) groups is 1. The molecule has 0 aliphatic carbocycles. The first-order chi connectivity index (χ1) is 13.6. The van der Waals surface area contributed by atoms with Gasteiger partial charge in [0, 0.05) is 32.6 Å². The summed E-state index contributed by atoms with van der Waals surface area (Å²) in [6, 6.07) is 5.95. The molecule has 0 bridgehead atoms. The average Bonchev–Trinajstić information content (AvgIpc) is 3.19. The minimum absolute atomic E-state index is 0.0625. The summed E-state index contributed by atoms with van der Waals surface area (Å²) >= 11 is 0. The Morgan fingerprint density at radius 1 is 1.32 bits per heavy atom. The highest BCUT2D eigenvalue weighted by atomic mass is 19.1. The lowest BCUT2D eigenvalue weighted by Gasteiger charge is -2.34. The predicted octanol–water partition coefficient (Wildman–Crippen LogP) is 3.47. The molecule has 1 aliphatic heterocycles. The molecule has 2 heterocycles. The van der Waals surface area contributed by atoms with E-state index in [-0.39, 0.29) is 17.8 Å². The van der Waals surface area contributed by atoms with E-state index >= 15 is 0 Å². The molecule has 1 aromatic carbocycles. The van der Waals surface area contributed by atoms with Crippen LogP contribution in [0.4, 0.5) is 9.18 Å². The summed E-state index contributed by atoms with van der Waals surface area (Å²) < 4.78 is 23.9. The summed E-state index contributed by atoms with van der Waals surface area (Å²) in [4.78, 5) is 20.8. The van der Waals surface area contributed by atoms with Gasteiger partial charge < -0.3 is 19.1 Å². The van der Waals surface area contributed by atoms with E-state index < -0.39 is 0 Å². The Balaban J connectivity index is 1.52. The SMILES string of the molecule is CCN(CC)C(=O)N1CCCC(c2nc(CCOc3ccc(F)cc3)no2)C1. The summed E-state index contributed by atoms with van der Waals surface area (Å²) in [5.74, 6) is 1.52. The fourth-order valence-corrected chi connectivity index (χ4v) is 3.37. The normalized spacial score (nSPS) is 16.8. The molecular weight excluding hydrogens is 363 g/mol. The van der Waals surface area contributed by atoms with Gasteiger partial charge in [-0.1, -0.05) is 5.16 Å². The molecule has 1 unspecified atom stereocenters. The average molecular weight is 390 g/mol. The van der Waals surface area contributed by atoms with Crippen LogP contribution >= 0.6 is 0 Å². The van der Waals surface area contributed by atoms with Crippen molar-refractivity contribution in [1.29, 1.82) is 0 Å². The van der Waals surface area contributed by atoms with Crippen molar-refractivity contribution in [1.82, 2.24) is 19.9 Å². The number of piperidine rings is 1. The van der Waals surface area contributed by atoms with E-state index in [1.807, 2.05) is 23.6 Å². The van der Waals surface area contributed by atoms with Gasteiger partial charge in [0.2, 0.25) is 5.89 Å².